The molecule has 0 bridgehead atoms. The SMILES string of the molecule is CCOc1ccc(NC(=O)COc2ccc(CNC3CC3)cc2OC)cc1. The highest BCUT2D eigenvalue weighted by atomic mass is 16.5. The fourth-order valence-electron chi connectivity index (χ4n) is 2.63. The number of rotatable bonds is 10. The van der Waals surface area contributed by atoms with Gasteiger partial charge in [-0.3, -0.25) is 4.79 Å². The van der Waals surface area contributed by atoms with Gasteiger partial charge in [-0.1, -0.05) is 6.07 Å². The van der Waals surface area contributed by atoms with Crippen LogP contribution >= 0.6 is 0 Å². The fraction of sp³-hybridized carbons (Fsp3) is 0.381. The van der Waals surface area contributed by atoms with Crippen molar-refractivity contribution in [3.05, 3.63) is 48.0 Å². The first-order valence-corrected chi connectivity index (χ1v) is 9.23. The van der Waals surface area contributed by atoms with Crippen LogP contribution in [0.1, 0.15) is 25.3 Å². The van der Waals surface area contributed by atoms with E-state index < -0.39 is 0 Å². The molecule has 0 atom stereocenters. The number of amides is 1. The molecule has 0 radical (unpaired) electrons. The molecule has 0 heterocycles. The smallest absolute Gasteiger partial charge is 0.262 e. The van der Waals surface area contributed by atoms with E-state index in [1.807, 2.05) is 37.3 Å². The zero-order valence-corrected chi connectivity index (χ0v) is 15.8. The number of nitrogens with one attached hydrogen (secondary N) is 2. The second-order valence-electron chi connectivity index (χ2n) is 6.43. The molecule has 6 heteroatoms. The van der Waals surface area contributed by atoms with E-state index in [0.29, 0.717) is 29.8 Å². The molecule has 1 aliphatic rings. The van der Waals surface area contributed by atoms with Gasteiger partial charge >= 0.3 is 0 Å². The Kier molecular flexibility index (Phi) is 6.54. The number of methoxy groups -OCH3 is 1. The lowest BCUT2D eigenvalue weighted by Gasteiger charge is -2.13. The van der Waals surface area contributed by atoms with E-state index in [0.717, 1.165) is 17.9 Å². The van der Waals surface area contributed by atoms with Gasteiger partial charge in [0.25, 0.3) is 5.91 Å². The maximum absolute atomic E-state index is 12.1. The van der Waals surface area contributed by atoms with Crippen molar-refractivity contribution in [3.8, 4) is 17.2 Å². The Morgan fingerprint density at radius 2 is 1.85 bits per heavy atom. The molecule has 0 spiro atoms. The molecule has 0 saturated heterocycles. The molecule has 6 nitrogen and oxygen atoms in total. The first-order chi connectivity index (χ1) is 13.2. The monoisotopic (exact) mass is 370 g/mol. The second-order valence-corrected chi connectivity index (χ2v) is 6.43. The van der Waals surface area contributed by atoms with Crippen LogP contribution in [-0.4, -0.2) is 32.3 Å². The molecule has 2 aromatic carbocycles. The molecule has 0 unspecified atom stereocenters. The van der Waals surface area contributed by atoms with Crippen LogP contribution in [0.3, 0.4) is 0 Å². The van der Waals surface area contributed by atoms with Crippen LogP contribution in [0.5, 0.6) is 17.2 Å². The van der Waals surface area contributed by atoms with Crippen molar-refractivity contribution >= 4 is 11.6 Å². The van der Waals surface area contributed by atoms with Crippen LogP contribution in [0, 0.1) is 0 Å². The van der Waals surface area contributed by atoms with E-state index in [9.17, 15) is 4.79 Å². The third-order valence-corrected chi connectivity index (χ3v) is 4.21. The van der Waals surface area contributed by atoms with Crippen molar-refractivity contribution in [2.24, 2.45) is 0 Å². The fourth-order valence-corrected chi connectivity index (χ4v) is 2.63. The molecule has 3 rings (SSSR count). The first kappa shape index (κ1) is 19.0. The molecule has 1 amide bonds. The molecule has 2 N–H and O–H groups in total. The Morgan fingerprint density at radius 3 is 2.52 bits per heavy atom. The summed E-state index contributed by atoms with van der Waals surface area (Å²) in [5, 5.41) is 6.26. The third kappa shape index (κ3) is 5.89. The number of carbonyl (C=O) groups excluding carboxylic acids is 1. The van der Waals surface area contributed by atoms with Gasteiger partial charge in [0, 0.05) is 18.3 Å². The third-order valence-electron chi connectivity index (χ3n) is 4.21. The van der Waals surface area contributed by atoms with Crippen molar-refractivity contribution in [2.45, 2.75) is 32.4 Å². The summed E-state index contributed by atoms with van der Waals surface area (Å²) >= 11 is 0. The minimum absolute atomic E-state index is 0.0940. The number of hydrogen-bond donors (Lipinski definition) is 2. The zero-order valence-electron chi connectivity index (χ0n) is 15.8. The largest absolute Gasteiger partial charge is 0.494 e. The van der Waals surface area contributed by atoms with Crippen LogP contribution in [0.15, 0.2) is 42.5 Å². The molecular formula is C21H26N2O4. The van der Waals surface area contributed by atoms with Gasteiger partial charge in [-0.15, -0.1) is 0 Å². The Balaban J connectivity index is 1.51. The lowest BCUT2D eigenvalue weighted by molar-refractivity contribution is -0.118. The predicted molar refractivity (Wildman–Crippen MR) is 105 cm³/mol. The van der Waals surface area contributed by atoms with Gasteiger partial charge in [-0.25, -0.2) is 0 Å². The maximum Gasteiger partial charge on any atom is 0.262 e. The summed E-state index contributed by atoms with van der Waals surface area (Å²) in [6, 6.07) is 13.6. The van der Waals surface area contributed by atoms with Gasteiger partial charge in [-0.05, 0) is 61.7 Å². The Labute approximate surface area is 159 Å². The van der Waals surface area contributed by atoms with Crippen molar-refractivity contribution in [1.29, 1.82) is 0 Å². The Bertz CT molecular complexity index is 757. The highest BCUT2D eigenvalue weighted by molar-refractivity contribution is 5.91. The summed E-state index contributed by atoms with van der Waals surface area (Å²) in [7, 11) is 1.60. The van der Waals surface area contributed by atoms with Crippen LogP contribution < -0.4 is 24.8 Å². The lowest BCUT2D eigenvalue weighted by atomic mass is 10.2. The number of anilines is 1. The standard InChI is InChI=1S/C21H26N2O4/c1-3-26-18-9-7-17(8-10-18)23-21(24)14-27-19-11-4-15(12-20(19)25-2)13-22-16-5-6-16/h4,7-12,16,22H,3,5-6,13-14H2,1-2H3,(H,23,24). The average molecular weight is 370 g/mol. The summed E-state index contributed by atoms with van der Waals surface area (Å²) < 4.78 is 16.4. The lowest BCUT2D eigenvalue weighted by Crippen LogP contribution is -2.20. The highest BCUT2D eigenvalue weighted by Crippen LogP contribution is 2.28. The minimum atomic E-state index is -0.235. The second kappa shape index (κ2) is 9.28. The van der Waals surface area contributed by atoms with Crippen molar-refractivity contribution in [2.75, 3.05) is 25.6 Å². The Hall–Kier alpha value is -2.73. The summed E-state index contributed by atoms with van der Waals surface area (Å²) in [6.45, 7) is 3.25. The molecule has 1 saturated carbocycles. The number of benzene rings is 2. The van der Waals surface area contributed by atoms with Crippen LogP contribution in [0.2, 0.25) is 0 Å². The van der Waals surface area contributed by atoms with Gasteiger partial charge in [0.05, 0.1) is 13.7 Å². The van der Waals surface area contributed by atoms with E-state index in [2.05, 4.69) is 10.6 Å². The summed E-state index contributed by atoms with van der Waals surface area (Å²) in [5.41, 5.74) is 1.82. The highest BCUT2D eigenvalue weighted by Gasteiger charge is 2.20. The molecule has 1 aliphatic carbocycles. The van der Waals surface area contributed by atoms with Crippen molar-refractivity contribution < 1.29 is 19.0 Å². The van der Waals surface area contributed by atoms with Gasteiger partial charge in [0.15, 0.2) is 18.1 Å². The molecule has 1 fully saturated rings. The molecule has 27 heavy (non-hydrogen) atoms. The molecular weight excluding hydrogens is 344 g/mol. The normalized spacial score (nSPS) is 13.1. The van der Waals surface area contributed by atoms with Crippen LogP contribution in [-0.2, 0) is 11.3 Å². The first-order valence-electron chi connectivity index (χ1n) is 9.23. The molecule has 0 aromatic heterocycles. The van der Waals surface area contributed by atoms with E-state index in [1.54, 1.807) is 19.2 Å². The van der Waals surface area contributed by atoms with E-state index in [-0.39, 0.29) is 12.5 Å². The molecule has 2 aromatic rings. The van der Waals surface area contributed by atoms with Gasteiger partial charge in [-0.2, -0.15) is 0 Å². The topological polar surface area (TPSA) is 68.8 Å². The zero-order chi connectivity index (χ0) is 19.1. The predicted octanol–water partition coefficient (Wildman–Crippen LogP) is 3.36. The van der Waals surface area contributed by atoms with Crippen LogP contribution in [0.4, 0.5) is 5.69 Å². The quantitative estimate of drug-likeness (QED) is 0.671. The van der Waals surface area contributed by atoms with E-state index >= 15 is 0 Å². The van der Waals surface area contributed by atoms with E-state index in [1.165, 1.54) is 12.8 Å². The van der Waals surface area contributed by atoms with Crippen molar-refractivity contribution in [3.63, 3.8) is 0 Å². The Morgan fingerprint density at radius 1 is 1.07 bits per heavy atom. The van der Waals surface area contributed by atoms with Crippen LogP contribution in [0.25, 0.3) is 0 Å². The minimum Gasteiger partial charge on any atom is -0.494 e. The van der Waals surface area contributed by atoms with Gasteiger partial charge < -0.3 is 24.8 Å². The van der Waals surface area contributed by atoms with Gasteiger partial charge in [0.2, 0.25) is 0 Å². The van der Waals surface area contributed by atoms with Crippen molar-refractivity contribution in [1.82, 2.24) is 5.32 Å². The van der Waals surface area contributed by atoms with Gasteiger partial charge in [0.1, 0.15) is 5.75 Å². The number of hydrogen-bond acceptors (Lipinski definition) is 5. The summed E-state index contributed by atoms with van der Waals surface area (Å²) in [6.07, 6.45) is 2.50. The van der Waals surface area contributed by atoms with E-state index in [4.69, 9.17) is 14.2 Å². The molecule has 144 valence electrons. The molecule has 0 aliphatic heterocycles. The maximum atomic E-state index is 12.1. The number of carbonyl (C=O) groups is 1. The average Bonchev–Trinajstić information content (AvgIpc) is 3.51. The number of ether oxygens (including phenoxy) is 3. The summed E-state index contributed by atoms with van der Waals surface area (Å²) in [5.74, 6) is 1.71. The summed E-state index contributed by atoms with van der Waals surface area (Å²) in [4.78, 5) is 12.1.